The van der Waals surface area contributed by atoms with Gasteiger partial charge in [0.1, 0.15) is 0 Å². The van der Waals surface area contributed by atoms with Gasteiger partial charge in [-0.3, -0.25) is 0 Å². The van der Waals surface area contributed by atoms with E-state index in [9.17, 15) is 0 Å². The van der Waals surface area contributed by atoms with Gasteiger partial charge in [-0.2, -0.15) is 0 Å². The van der Waals surface area contributed by atoms with E-state index in [1.165, 1.54) is 148 Å². The van der Waals surface area contributed by atoms with Crippen molar-refractivity contribution in [2.45, 2.75) is 5.41 Å². The molecule has 2 aliphatic rings. The lowest BCUT2D eigenvalue weighted by atomic mass is 9.70. The van der Waals surface area contributed by atoms with Gasteiger partial charge >= 0.3 is 0 Å². The van der Waals surface area contributed by atoms with Crippen molar-refractivity contribution in [1.82, 2.24) is 4.57 Å². The molecule has 1 spiro atoms. The molecule has 0 N–H and O–H groups in total. The molecular formula is C71H43N. The number of para-hydroxylation sites is 2. The lowest BCUT2D eigenvalue weighted by Crippen LogP contribution is -2.26. The zero-order valence-electron chi connectivity index (χ0n) is 39.3. The minimum atomic E-state index is -0.469. The van der Waals surface area contributed by atoms with E-state index in [-0.39, 0.29) is 0 Å². The summed E-state index contributed by atoms with van der Waals surface area (Å²) in [6, 6.07) is 97.9. The van der Waals surface area contributed by atoms with E-state index in [2.05, 4.69) is 265 Å². The smallest absolute Gasteiger partial charge is 0.0726 e. The average molecular weight is 910 g/mol. The third-order valence-electron chi connectivity index (χ3n) is 16.4. The highest BCUT2D eigenvalue weighted by Crippen LogP contribution is 2.65. The molecule has 0 aliphatic heterocycles. The predicted molar refractivity (Wildman–Crippen MR) is 303 cm³/mol. The highest BCUT2D eigenvalue weighted by molar-refractivity contribution is 6.23. The van der Waals surface area contributed by atoms with Gasteiger partial charge in [0.05, 0.1) is 16.4 Å². The maximum atomic E-state index is 2.56. The van der Waals surface area contributed by atoms with Crippen molar-refractivity contribution in [2.24, 2.45) is 0 Å². The number of benzene rings is 13. The lowest BCUT2D eigenvalue weighted by molar-refractivity contribution is 0.795. The van der Waals surface area contributed by atoms with Crippen LogP contribution in [-0.2, 0) is 5.41 Å². The van der Waals surface area contributed by atoms with E-state index < -0.39 is 5.41 Å². The van der Waals surface area contributed by atoms with Crippen molar-refractivity contribution in [3.63, 3.8) is 0 Å². The molecule has 0 saturated heterocycles. The van der Waals surface area contributed by atoms with Crippen LogP contribution in [0, 0.1) is 0 Å². The van der Waals surface area contributed by atoms with Crippen LogP contribution in [0.5, 0.6) is 0 Å². The number of hydrogen-bond donors (Lipinski definition) is 0. The molecule has 0 fully saturated rings. The van der Waals surface area contributed by atoms with Crippen molar-refractivity contribution in [3.8, 4) is 61.3 Å². The molecule has 16 rings (SSSR count). The maximum absolute atomic E-state index is 2.56. The summed E-state index contributed by atoms with van der Waals surface area (Å²) in [7, 11) is 0. The van der Waals surface area contributed by atoms with Crippen LogP contribution in [-0.4, -0.2) is 4.57 Å². The monoisotopic (exact) mass is 909 g/mol. The van der Waals surface area contributed by atoms with Gasteiger partial charge in [0, 0.05) is 16.5 Å². The van der Waals surface area contributed by atoms with Gasteiger partial charge in [-0.05, 0) is 157 Å². The number of aromatic nitrogens is 1. The first kappa shape index (κ1) is 39.5. The van der Waals surface area contributed by atoms with E-state index in [0.717, 1.165) is 0 Å². The molecule has 2 aliphatic carbocycles. The van der Waals surface area contributed by atoms with Gasteiger partial charge < -0.3 is 4.57 Å². The van der Waals surface area contributed by atoms with Gasteiger partial charge in [-0.1, -0.05) is 224 Å². The summed E-state index contributed by atoms with van der Waals surface area (Å²) >= 11 is 0. The molecule has 0 amide bonds. The average Bonchev–Trinajstić information content (AvgIpc) is 4.06. The first-order valence-electron chi connectivity index (χ1n) is 25.2. The summed E-state index contributed by atoms with van der Waals surface area (Å²) in [5.74, 6) is 0. The number of rotatable bonds is 4. The van der Waals surface area contributed by atoms with Crippen molar-refractivity contribution in [1.29, 1.82) is 0 Å². The molecule has 1 heterocycles. The van der Waals surface area contributed by atoms with Gasteiger partial charge in [0.15, 0.2) is 0 Å². The largest absolute Gasteiger partial charge is 0.309 e. The fourth-order valence-electron chi connectivity index (χ4n) is 13.5. The predicted octanol–water partition coefficient (Wildman–Crippen LogP) is 18.7. The normalized spacial score (nSPS) is 13.1. The Morgan fingerprint density at radius 1 is 0.236 bits per heavy atom. The quantitative estimate of drug-likeness (QED) is 0.155. The van der Waals surface area contributed by atoms with Crippen LogP contribution in [0.4, 0.5) is 0 Å². The molecule has 13 aromatic carbocycles. The van der Waals surface area contributed by atoms with Crippen LogP contribution in [0.3, 0.4) is 0 Å². The molecule has 0 atom stereocenters. The second-order valence-electron chi connectivity index (χ2n) is 19.8. The third-order valence-corrected chi connectivity index (χ3v) is 16.4. The van der Waals surface area contributed by atoms with Gasteiger partial charge in [0.2, 0.25) is 0 Å². The van der Waals surface area contributed by atoms with Crippen LogP contribution in [0.1, 0.15) is 22.3 Å². The fraction of sp³-hybridized carbons (Fsp3) is 0.0141. The Balaban J connectivity index is 0.900. The summed E-state index contributed by atoms with van der Waals surface area (Å²) < 4.78 is 2.40. The van der Waals surface area contributed by atoms with Crippen LogP contribution < -0.4 is 0 Å². The third kappa shape index (κ3) is 5.21. The molecule has 0 saturated carbocycles. The molecule has 1 heteroatoms. The van der Waals surface area contributed by atoms with Crippen molar-refractivity contribution in [3.05, 3.63) is 283 Å². The molecule has 0 radical (unpaired) electrons. The minimum absolute atomic E-state index is 0.469. The van der Waals surface area contributed by atoms with Crippen molar-refractivity contribution < 1.29 is 0 Å². The van der Waals surface area contributed by atoms with E-state index in [4.69, 9.17) is 0 Å². The summed E-state index contributed by atoms with van der Waals surface area (Å²) in [5.41, 5.74) is 21.3. The maximum Gasteiger partial charge on any atom is 0.0726 e. The number of hydrogen-bond acceptors (Lipinski definition) is 0. The topological polar surface area (TPSA) is 4.93 Å². The molecule has 14 aromatic rings. The summed E-state index contributed by atoms with van der Waals surface area (Å²) in [6.45, 7) is 0. The second kappa shape index (κ2) is 14.9. The molecule has 1 nitrogen and oxygen atoms in total. The minimum Gasteiger partial charge on any atom is -0.309 e. The van der Waals surface area contributed by atoms with Gasteiger partial charge in [-0.25, -0.2) is 0 Å². The van der Waals surface area contributed by atoms with Gasteiger partial charge in [-0.15, -0.1) is 0 Å². The Kier molecular flexibility index (Phi) is 8.16. The first-order valence-corrected chi connectivity index (χ1v) is 25.2. The Hall–Kier alpha value is -9.30. The second-order valence-corrected chi connectivity index (χ2v) is 19.8. The SMILES string of the molecule is c1ccc(-n2c3ccccc3c3cc(-c4c5ccccc5c(-c5ccc(-c6cc7c(c8ccccc68)-c6c(ccc8ccccc68)C76c7ccccc7-c7ccccc76)cc5)c5ccccc45)ccc32)cc1. The van der Waals surface area contributed by atoms with E-state index in [1.54, 1.807) is 0 Å². The van der Waals surface area contributed by atoms with Crippen LogP contribution in [0.15, 0.2) is 261 Å². The van der Waals surface area contributed by atoms with Gasteiger partial charge in [0.25, 0.3) is 0 Å². The molecule has 0 bridgehead atoms. The Morgan fingerprint density at radius 2 is 0.708 bits per heavy atom. The van der Waals surface area contributed by atoms with E-state index >= 15 is 0 Å². The van der Waals surface area contributed by atoms with E-state index in [1.807, 2.05) is 0 Å². The van der Waals surface area contributed by atoms with Crippen LogP contribution in [0.25, 0.3) is 126 Å². The lowest BCUT2D eigenvalue weighted by Gasteiger charge is -2.31. The zero-order chi connectivity index (χ0) is 47.1. The summed E-state index contributed by atoms with van der Waals surface area (Å²) in [5, 5.41) is 12.6. The molecule has 0 unspecified atom stereocenters. The fourth-order valence-corrected chi connectivity index (χ4v) is 13.5. The highest BCUT2D eigenvalue weighted by Gasteiger charge is 2.52. The van der Waals surface area contributed by atoms with Crippen molar-refractivity contribution in [2.75, 3.05) is 0 Å². The van der Waals surface area contributed by atoms with Crippen molar-refractivity contribution >= 4 is 64.9 Å². The summed E-state index contributed by atoms with van der Waals surface area (Å²) in [6.07, 6.45) is 0. The highest BCUT2D eigenvalue weighted by atomic mass is 15.0. The number of nitrogens with zero attached hydrogens (tertiary/aromatic N) is 1. The van der Waals surface area contributed by atoms with E-state index in [0.29, 0.717) is 0 Å². The van der Waals surface area contributed by atoms with Crippen LogP contribution >= 0.6 is 0 Å². The molecule has 1 aromatic heterocycles. The number of fused-ring (bicyclic) bond motifs is 19. The Morgan fingerprint density at radius 3 is 1.38 bits per heavy atom. The Labute approximate surface area is 417 Å². The molecule has 332 valence electrons. The molecule has 72 heavy (non-hydrogen) atoms. The molecular weight excluding hydrogens is 867 g/mol. The zero-order valence-corrected chi connectivity index (χ0v) is 39.3. The first-order chi connectivity index (χ1) is 35.8. The Bertz CT molecular complexity index is 4510. The van der Waals surface area contributed by atoms with Crippen LogP contribution in [0.2, 0.25) is 0 Å². The standard InChI is InChI=1S/C71H43N/c1-2-19-48(20-3-1)72-65-33-17-14-25-53(65)60-42-47(39-41-66(60)72)68-57-29-10-8-27-55(57)67(56-28-9-11-30-58(56)68)46-36-34-45(35-37-46)59-43-64-70(54-26-7-6-22-50(54)59)69-49-21-5-4-18-44(49)38-40-63(69)71(64)61-31-15-12-23-51(61)52-24-13-16-32-62(52)71/h1-43H. The summed E-state index contributed by atoms with van der Waals surface area (Å²) in [4.78, 5) is 0.